The number of ether oxygens (including phenoxy) is 1. The Balaban J connectivity index is 3.11. The van der Waals surface area contributed by atoms with Gasteiger partial charge in [0.05, 0.1) is 7.11 Å². The molecule has 0 aliphatic heterocycles. The van der Waals surface area contributed by atoms with Crippen molar-refractivity contribution in [3.63, 3.8) is 0 Å². The Labute approximate surface area is 103 Å². The average molecular weight is 252 g/mol. The second-order valence-electron chi connectivity index (χ2n) is 3.58. The SMILES string of the molecule is COC(=O)C(O)C(O)c1cc(C=O)cc(C=O)c1. The molecule has 1 aromatic carbocycles. The number of hydrogen-bond donors (Lipinski definition) is 2. The lowest BCUT2D eigenvalue weighted by Crippen LogP contribution is -2.29. The largest absolute Gasteiger partial charge is 0.467 e. The van der Waals surface area contributed by atoms with E-state index in [0.29, 0.717) is 12.6 Å². The first-order valence-corrected chi connectivity index (χ1v) is 5.02. The first kappa shape index (κ1) is 14.0. The van der Waals surface area contributed by atoms with Crippen LogP contribution in [0.1, 0.15) is 32.4 Å². The summed E-state index contributed by atoms with van der Waals surface area (Å²) in [4.78, 5) is 32.4. The molecular formula is C12H12O6. The molecule has 2 unspecified atom stereocenters. The predicted molar refractivity (Wildman–Crippen MR) is 60.2 cm³/mol. The van der Waals surface area contributed by atoms with Gasteiger partial charge in [-0.2, -0.15) is 0 Å². The first-order valence-electron chi connectivity index (χ1n) is 5.02. The van der Waals surface area contributed by atoms with Gasteiger partial charge in [-0.15, -0.1) is 0 Å². The van der Waals surface area contributed by atoms with E-state index in [1.54, 1.807) is 0 Å². The Morgan fingerprint density at radius 3 is 2.06 bits per heavy atom. The van der Waals surface area contributed by atoms with E-state index in [2.05, 4.69) is 4.74 Å². The highest BCUT2D eigenvalue weighted by Gasteiger charge is 2.26. The minimum Gasteiger partial charge on any atom is -0.467 e. The van der Waals surface area contributed by atoms with E-state index in [-0.39, 0.29) is 16.7 Å². The maximum absolute atomic E-state index is 11.1. The van der Waals surface area contributed by atoms with Crippen molar-refractivity contribution >= 4 is 18.5 Å². The standard InChI is InChI=1S/C12H12O6/c1-18-12(17)11(16)10(15)9-3-7(5-13)2-8(4-9)6-14/h2-6,10-11,15-16H,1H3. The van der Waals surface area contributed by atoms with Gasteiger partial charge in [0.1, 0.15) is 18.7 Å². The minimum atomic E-state index is -1.78. The molecule has 0 saturated carbocycles. The van der Waals surface area contributed by atoms with Crippen molar-refractivity contribution in [1.82, 2.24) is 0 Å². The van der Waals surface area contributed by atoms with Crippen molar-refractivity contribution in [3.05, 3.63) is 34.9 Å². The molecular weight excluding hydrogens is 240 g/mol. The molecule has 18 heavy (non-hydrogen) atoms. The van der Waals surface area contributed by atoms with Crippen LogP contribution in [0.15, 0.2) is 18.2 Å². The van der Waals surface area contributed by atoms with Gasteiger partial charge in [0.2, 0.25) is 0 Å². The van der Waals surface area contributed by atoms with E-state index in [1.165, 1.54) is 18.2 Å². The highest BCUT2D eigenvalue weighted by Crippen LogP contribution is 2.20. The van der Waals surface area contributed by atoms with Crippen LogP contribution in [0.3, 0.4) is 0 Å². The molecule has 0 heterocycles. The van der Waals surface area contributed by atoms with Crippen molar-refractivity contribution < 1.29 is 29.3 Å². The van der Waals surface area contributed by atoms with Gasteiger partial charge in [-0.05, 0) is 23.8 Å². The zero-order valence-electron chi connectivity index (χ0n) is 9.57. The number of esters is 1. The van der Waals surface area contributed by atoms with Gasteiger partial charge in [0.25, 0.3) is 0 Å². The van der Waals surface area contributed by atoms with Crippen LogP contribution in [0.2, 0.25) is 0 Å². The molecule has 0 aromatic heterocycles. The molecule has 0 fully saturated rings. The number of aldehydes is 2. The Kier molecular flexibility index (Phi) is 4.70. The number of benzene rings is 1. The first-order chi connectivity index (χ1) is 8.53. The van der Waals surface area contributed by atoms with Crippen LogP contribution in [0, 0.1) is 0 Å². The Morgan fingerprint density at radius 1 is 1.17 bits per heavy atom. The van der Waals surface area contributed by atoms with E-state index in [9.17, 15) is 24.6 Å². The van der Waals surface area contributed by atoms with Gasteiger partial charge in [0.15, 0.2) is 6.10 Å². The monoisotopic (exact) mass is 252 g/mol. The van der Waals surface area contributed by atoms with E-state index in [0.717, 1.165) is 7.11 Å². The summed E-state index contributed by atoms with van der Waals surface area (Å²) in [6, 6.07) is 3.87. The molecule has 96 valence electrons. The molecule has 1 rings (SSSR count). The second kappa shape index (κ2) is 6.04. The average Bonchev–Trinajstić information content (AvgIpc) is 2.43. The maximum atomic E-state index is 11.1. The zero-order chi connectivity index (χ0) is 13.7. The molecule has 6 heteroatoms. The number of carbonyl (C=O) groups is 3. The molecule has 0 saturated heterocycles. The number of aliphatic hydroxyl groups excluding tert-OH is 2. The van der Waals surface area contributed by atoms with Crippen LogP contribution in [0.5, 0.6) is 0 Å². The molecule has 0 spiro atoms. The predicted octanol–water partition coefficient (Wildman–Crippen LogP) is -0.121. The summed E-state index contributed by atoms with van der Waals surface area (Å²) in [6.45, 7) is 0. The number of hydrogen-bond acceptors (Lipinski definition) is 6. The Bertz CT molecular complexity index is 441. The van der Waals surface area contributed by atoms with E-state index in [1.807, 2.05) is 0 Å². The summed E-state index contributed by atoms with van der Waals surface area (Å²) in [5.41, 5.74) is 0.399. The number of aliphatic hydroxyl groups is 2. The molecule has 0 aliphatic rings. The molecule has 0 radical (unpaired) electrons. The molecule has 2 atom stereocenters. The lowest BCUT2D eigenvalue weighted by atomic mass is 9.99. The minimum absolute atomic E-state index is 0.0830. The summed E-state index contributed by atoms with van der Waals surface area (Å²) in [5, 5.41) is 19.2. The van der Waals surface area contributed by atoms with Crippen LogP contribution in [-0.2, 0) is 9.53 Å². The van der Waals surface area contributed by atoms with Crippen LogP contribution in [-0.4, -0.2) is 42.0 Å². The zero-order valence-corrected chi connectivity index (χ0v) is 9.57. The Hall–Kier alpha value is -2.05. The van der Waals surface area contributed by atoms with Crippen molar-refractivity contribution in [1.29, 1.82) is 0 Å². The summed E-state index contributed by atoms with van der Waals surface area (Å²) in [7, 11) is 1.07. The molecule has 0 bridgehead atoms. The molecule has 2 N–H and O–H groups in total. The number of carbonyl (C=O) groups excluding carboxylic acids is 3. The van der Waals surface area contributed by atoms with Gasteiger partial charge < -0.3 is 14.9 Å². The smallest absolute Gasteiger partial charge is 0.337 e. The lowest BCUT2D eigenvalue weighted by Gasteiger charge is -2.16. The second-order valence-corrected chi connectivity index (χ2v) is 3.58. The molecule has 1 aromatic rings. The summed E-state index contributed by atoms with van der Waals surface area (Å²) in [5.74, 6) is -1.01. The van der Waals surface area contributed by atoms with Crippen molar-refractivity contribution in [2.24, 2.45) is 0 Å². The van der Waals surface area contributed by atoms with Gasteiger partial charge in [0, 0.05) is 11.1 Å². The van der Waals surface area contributed by atoms with Gasteiger partial charge >= 0.3 is 5.97 Å². The van der Waals surface area contributed by atoms with E-state index < -0.39 is 18.2 Å². The molecule has 0 aliphatic carbocycles. The van der Waals surface area contributed by atoms with Crippen molar-refractivity contribution in [2.75, 3.05) is 7.11 Å². The fraction of sp³-hybridized carbons (Fsp3) is 0.250. The van der Waals surface area contributed by atoms with Crippen LogP contribution in [0.25, 0.3) is 0 Å². The van der Waals surface area contributed by atoms with E-state index >= 15 is 0 Å². The quantitative estimate of drug-likeness (QED) is 0.559. The van der Waals surface area contributed by atoms with Crippen molar-refractivity contribution in [2.45, 2.75) is 12.2 Å². The Morgan fingerprint density at radius 2 is 1.67 bits per heavy atom. The highest BCUT2D eigenvalue weighted by atomic mass is 16.5. The fourth-order valence-electron chi connectivity index (χ4n) is 1.44. The van der Waals surface area contributed by atoms with Gasteiger partial charge in [-0.25, -0.2) is 4.79 Å². The van der Waals surface area contributed by atoms with Crippen LogP contribution in [0.4, 0.5) is 0 Å². The topological polar surface area (TPSA) is 101 Å². The van der Waals surface area contributed by atoms with Crippen molar-refractivity contribution in [3.8, 4) is 0 Å². The number of rotatable bonds is 5. The van der Waals surface area contributed by atoms with Gasteiger partial charge in [-0.3, -0.25) is 9.59 Å². The number of methoxy groups -OCH3 is 1. The third-order valence-corrected chi connectivity index (χ3v) is 2.36. The summed E-state index contributed by atoms with van der Waals surface area (Å²) < 4.78 is 4.28. The lowest BCUT2D eigenvalue weighted by molar-refractivity contribution is -0.156. The molecule has 0 amide bonds. The highest BCUT2D eigenvalue weighted by molar-refractivity contribution is 5.83. The van der Waals surface area contributed by atoms with Crippen LogP contribution < -0.4 is 0 Å². The normalized spacial score (nSPS) is 13.5. The van der Waals surface area contributed by atoms with E-state index in [4.69, 9.17) is 0 Å². The summed E-state index contributed by atoms with van der Waals surface area (Å²) >= 11 is 0. The fourth-order valence-corrected chi connectivity index (χ4v) is 1.44. The summed E-state index contributed by atoms with van der Waals surface area (Å²) in [6.07, 6.45) is -2.37. The third-order valence-electron chi connectivity index (χ3n) is 2.36. The third kappa shape index (κ3) is 2.99. The van der Waals surface area contributed by atoms with Gasteiger partial charge in [-0.1, -0.05) is 0 Å². The maximum Gasteiger partial charge on any atom is 0.337 e. The molecule has 6 nitrogen and oxygen atoms in total. The van der Waals surface area contributed by atoms with Crippen LogP contribution >= 0.6 is 0 Å².